The lowest BCUT2D eigenvalue weighted by molar-refractivity contribution is -0.384. The Bertz CT molecular complexity index is 831. The van der Waals surface area contributed by atoms with Crippen LogP contribution >= 0.6 is 0 Å². The minimum atomic E-state index is -0.763. The summed E-state index contributed by atoms with van der Waals surface area (Å²) in [6.45, 7) is 1.55. The Morgan fingerprint density at radius 2 is 1.67 bits per heavy atom. The molecule has 124 valence electrons. The van der Waals surface area contributed by atoms with Crippen LogP contribution < -0.4 is 0 Å². The van der Waals surface area contributed by atoms with Crippen molar-refractivity contribution in [2.75, 3.05) is 14.2 Å². The molecule has 0 aliphatic heterocycles. The van der Waals surface area contributed by atoms with Gasteiger partial charge in [0.05, 0.1) is 47.2 Å². The molecule has 24 heavy (non-hydrogen) atoms. The molecule has 0 aliphatic carbocycles. The smallest absolute Gasteiger partial charge is 0.340 e. The zero-order valence-electron chi connectivity index (χ0n) is 13.2. The van der Waals surface area contributed by atoms with Crippen LogP contribution in [0.5, 0.6) is 0 Å². The van der Waals surface area contributed by atoms with Gasteiger partial charge in [0.15, 0.2) is 0 Å². The van der Waals surface area contributed by atoms with Crippen molar-refractivity contribution in [3.8, 4) is 11.3 Å². The number of pyridine rings is 1. The number of carbonyl (C=O) groups excluding carboxylic acids is 2. The van der Waals surface area contributed by atoms with Gasteiger partial charge in [0.2, 0.25) is 0 Å². The van der Waals surface area contributed by atoms with Crippen molar-refractivity contribution < 1.29 is 24.0 Å². The van der Waals surface area contributed by atoms with Gasteiger partial charge in [0.1, 0.15) is 0 Å². The fourth-order valence-corrected chi connectivity index (χ4v) is 2.23. The lowest BCUT2D eigenvalue weighted by Crippen LogP contribution is -2.12. The van der Waals surface area contributed by atoms with Gasteiger partial charge in [0, 0.05) is 6.07 Å². The van der Waals surface area contributed by atoms with E-state index in [4.69, 9.17) is 4.74 Å². The molecule has 0 saturated carbocycles. The predicted molar refractivity (Wildman–Crippen MR) is 83.7 cm³/mol. The van der Waals surface area contributed by atoms with E-state index < -0.39 is 16.9 Å². The van der Waals surface area contributed by atoms with Crippen molar-refractivity contribution in [2.45, 2.75) is 6.92 Å². The minimum absolute atomic E-state index is 0.0576. The summed E-state index contributed by atoms with van der Waals surface area (Å²) in [5.74, 6) is -1.43. The maximum atomic E-state index is 12.1. The SMILES string of the molecule is COC(=O)c1cc(C(=O)OC)c(-c2ccccc2[N+](=O)[O-])nc1C. The first-order valence-electron chi connectivity index (χ1n) is 6.82. The van der Waals surface area contributed by atoms with Crippen LogP contribution in [-0.2, 0) is 9.47 Å². The molecule has 0 unspecified atom stereocenters. The average molecular weight is 330 g/mol. The number of aromatic nitrogens is 1. The molecule has 1 heterocycles. The average Bonchev–Trinajstić information content (AvgIpc) is 2.60. The molecule has 2 aromatic rings. The number of esters is 2. The van der Waals surface area contributed by atoms with E-state index in [0.29, 0.717) is 0 Å². The molecule has 2 rings (SSSR count). The van der Waals surface area contributed by atoms with Gasteiger partial charge in [0.25, 0.3) is 5.69 Å². The Kier molecular flexibility index (Phi) is 4.88. The minimum Gasteiger partial charge on any atom is -0.465 e. The highest BCUT2D eigenvalue weighted by Gasteiger charge is 2.25. The summed E-state index contributed by atoms with van der Waals surface area (Å²) in [7, 11) is 2.37. The highest BCUT2D eigenvalue weighted by Crippen LogP contribution is 2.32. The maximum absolute atomic E-state index is 12.1. The number of nitrogens with zero attached hydrogens (tertiary/aromatic N) is 2. The van der Waals surface area contributed by atoms with Crippen molar-refractivity contribution in [1.29, 1.82) is 0 Å². The standard InChI is InChI=1S/C16H14N2O6/c1-9-11(15(19)23-2)8-12(16(20)24-3)14(17-9)10-6-4-5-7-13(10)18(21)22/h4-8H,1-3H3. The number of hydrogen-bond donors (Lipinski definition) is 0. The van der Waals surface area contributed by atoms with Gasteiger partial charge >= 0.3 is 11.9 Å². The van der Waals surface area contributed by atoms with Gasteiger partial charge in [-0.1, -0.05) is 12.1 Å². The van der Waals surface area contributed by atoms with Crippen LogP contribution in [0.3, 0.4) is 0 Å². The Labute approximate surface area is 137 Å². The summed E-state index contributed by atoms with van der Waals surface area (Å²) < 4.78 is 9.36. The van der Waals surface area contributed by atoms with Gasteiger partial charge in [-0.25, -0.2) is 9.59 Å². The Morgan fingerprint density at radius 1 is 1.08 bits per heavy atom. The molecule has 0 aliphatic rings. The monoisotopic (exact) mass is 330 g/mol. The van der Waals surface area contributed by atoms with Crippen LogP contribution in [0.1, 0.15) is 26.4 Å². The highest BCUT2D eigenvalue weighted by molar-refractivity contribution is 6.01. The van der Waals surface area contributed by atoms with Gasteiger partial charge in [-0.05, 0) is 19.1 Å². The van der Waals surface area contributed by atoms with E-state index in [2.05, 4.69) is 9.72 Å². The van der Waals surface area contributed by atoms with Gasteiger partial charge in [-0.15, -0.1) is 0 Å². The molecular weight excluding hydrogens is 316 g/mol. The van der Waals surface area contributed by atoms with E-state index >= 15 is 0 Å². The van der Waals surface area contributed by atoms with Crippen molar-refractivity contribution >= 4 is 17.6 Å². The number of ether oxygens (including phenoxy) is 2. The number of aryl methyl sites for hydroxylation is 1. The Balaban J connectivity index is 2.79. The van der Waals surface area contributed by atoms with Gasteiger partial charge in [-0.2, -0.15) is 0 Å². The van der Waals surface area contributed by atoms with E-state index in [1.54, 1.807) is 13.0 Å². The lowest BCUT2D eigenvalue weighted by Gasteiger charge is -2.12. The van der Waals surface area contributed by atoms with Crippen LogP contribution in [0, 0.1) is 17.0 Å². The number of nitro benzene ring substituents is 1. The van der Waals surface area contributed by atoms with Crippen molar-refractivity contribution in [1.82, 2.24) is 4.98 Å². The molecule has 0 bridgehead atoms. The molecule has 0 spiro atoms. The van der Waals surface area contributed by atoms with Crippen LogP contribution in [-0.4, -0.2) is 36.1 Å². The second-order valence-electron chi connectivity index (χ2n) is 4.77. The van der Waals surface area contributed by atoms with Crippen molar-refractivity contribution in [3.63, 3.8) is 0 Å². The Hall–Kier alpha value is -3.29. The maximum Gasteiger partial charge on any atom is 0.340 e. The number of para-hydroxylation sites is 1. The molecule has 0 amide bonds. The van der Waals surface area contributed by atoms with E-state index in [-0.39, 0.29) is 33.8 Å². The van der Waals surface area contributed by atoms with E-state index in [1.165, 1.54) is 38.5 Å². The normalized spacial score (nSPS) is 10.1. The second-order valence-corrected chi connectivity index (χ2v) is 4.77. The number of rotatable bonds is 4. The third-order valence-electron chi connectivity index (χ3n) is 3.38. The number of methoxy groups -OCH3 is 2. The number of hydrogen-bond acceptors (Lipinski definition) is 7. The molecule has 1 aromatic heterocycles. The fourth-order valence-electron chi connectivity index (χ4n) is 2.23. The van der Waals surface area contributed by atoms with Gasteiger partial charge in [-0.3, -0.25) is 15.1 Å². The summed E-state index contributed by atoms with van der Waals surface area (Å²) in [6, 6.07) is 7.15. The highest BCUT2D eigenvalue weighted by atomic mass is 16.6. The quantitative estimate of drug-likeness (QED) is 0.481. The van der Waals surface area contributed by atoms with E-state index in [9.17, 15) is 19.7 Å². The van der Waals surface area contributed by atoms with Gasteiger partial charge < -0.3 is 9.47 Å². The zero-order chi connectivity index (χ0) is 17.9. The molecule has 1 aromatic carbocycles. The molecule has 8 nitrogen and oxygen atoms in total. The van der Waals surface area contributed by atoms with Crippen molar-refractivity contribution in [3.05, 3.63) is 57.3 Å². The van der Waals surface area contributed by atoms with Crippen LogP contribution in [0.4, 0.5) is 5.69 Å². The van der Waals surface area contributed by atoms with E-state index in [0.717, 1.165) is 0 Å². The third-order valence-corrected chi connectivity index (χ3v) is 3.38. The first kappa shape index (κ1) is 17.1. The fraction of sp³-hybridized carbons (Fsp3) is 0.188. The predicted octanol–water partition coefficient (Wildman–Crippen LogP) is 2.54. The van der Waals surface area contributed by atoms with Crippen molar-refractivity contribution in [2.24, 2.45) is 0 Å². The topological polar surface area (TPSA) is 109 Å². The first-order valence-corrected chi connectivity index (χ1v) is 6.82. The van der Waals surface area contributed by atoms with E-state index in [1.807, 2.05) is 0 Å². The summed E-state index contributed by atoms with van der Waals surface area (Å²) in [4.78, 5) is 38.8. The molecule has 0 atom stereocenters. The van der Waals surface area contributed by atoms with Crippen LogP contribution in [0.2, 0.25) is 0 Å². The zero-order valence-corrected chi connectivity index (χ0v) is 13.2. The summed E-state index contributed by atoms with van der Waals surface area (Å²) >= 11 is 0. The summed E-state index contributed by atoms with van der Waals surface area (Å²) in [6.07, 6.45) is 0. The summed E-state index contributed by atoms with van der Waals surface area (Å²) in [5, 5.41) is 11.2. The number of carbonyl (C=O) groups is 2. The molecular formula is C16H14N2O6. The largest absolute Gasteiger partial charge is 0.465 e. The second kappa shape index (κ2) is 6.86. The molecule has 0 N–H and O–H groups in total. The third kappa shape index (κ3) is 3.07. The molecule has 0 saturated heterocycles. The molecule has 0 fully saturated rings. The number of nitro groups is 1. The summed E-state index contributed by atoms with van der Waals surface area (Å²) in [5.41, 5.74) is 0.322. The number of benzene rings is 1. The first-order chi connectivity index (χ1) is 11.4. The molecule has 8 heteroatoms. The lowest BCUT2D eigenvalue weighted by atomic mass is 10.0. The Morgan fingerprint density at radius 3 is 2.25 bits per heavy atom. The van der Waals surface area contributed by atoms with Crippen LogP contribution in [0.15, 0.2) is 30.3 Å². The molecule has 0 radical (unpaired) electrons. The van der Waals surface area contributed by atoms with Crippen LogP contribution in [0.25, 0.3) is 11.3 Å².